The number of hydrogen-bond donors (Lipinski definition) is 0. The van der Waals surface area contributed by atoms with Crippen molar-refractivity contribution in [2.75, 3.05) is 39.8 Å². The van der Waals surface area contributed by atoms with E-state index in [1.807, 2.05) is 30.3 Å². The number of hydrogen-bond acceptors (Lipinski definition) is 6. The maximum absolute atomic E-state index is 14.7. The molecule has 4 aromatic rings. The first-order chi connectivity index (χ1) is 18.4. The molecule has 6 nitrogen and oxygen atoms in total. The Labute approximate surface area is 248 Å². The molecule has 40 heavy (non-hydrogen) atoms. The molecule has 1 aliphatic heterocycles. The molecule has 214 valence electrons. The van der Waals surface area contributed by atoms with Crippen LogP contribution in [0.15, 0.2) is 59.5 Å². The topological polar surface area (TPSA) is 54.8 Å². The van der Waals surface area contributed by atoms with Gasteiger partial charge in [-0.3, -0.25) is 9.69 Å². The fraction of sp³-hybridized carbons (Fsp3) is 0.310. The summed E-state index contributed by atoms with van der Waals surface area (Å²) in [6.45, 7) is 5.62. The van der Waals surface area contributed by atoms with Gasteiger partial charge in [0.1, 0.15) is 22.0 Å². The zero-order valence-corrected chi connectivity index (χ0v) is 24.6. The second-order valence-electron chi connectivity index (χ2n) is 9.46. The summed E-state index contributed by atoms with van der Waals surface area (Å²) in [4.78, 5) is 32.7. The molecular formula is C29H31Cl2F2N3O3S. The van der Waals surface area contributed by atoms with Crippen LogP contribution in [0.2, 0.25) is 0 Å². The third-order valence-corrected chi connectivity index (χ3v) is 8.22. The Hall–Kier alpha value is -2.82. The van der Waals surface area contributed by atoms with Crippen LogP contribution in [-0.2, 0) is 17.8 Å². The number of benzene rings is 2. The molecule has 3 heterocycles. The average molecular weight is 611 g/mol. The van der Waals surface area contributed by atoms with Crippen molar-refractivity contribution in [1.82, 2.24) is 14.4 Å². The molecule has 0 spiro atoms. The molecule has 0 radical (unpaired) electrons. The number of thiophene rings is 1. The first-order valence-corrected chi connectivity index (χ1v) is 13.4. The van der Waals surface area contributed by atoms with E-state index in [1.165, 1.54) is 35.7 Å². The molecule has 1 fully saturated rings. The van der Waals surface area contributed by atoms with Gasteiger partial charge in [0.15, 0.2) is 0 Å². The standard InChI is InChI=1S/C29H29F2N3O3S.2ClH/c1-3-37-29(36)22-18-34(17-20-23(30)10-7-11-24(20)31)28-25(26(22)35)21(16-33-14-12-32(2)13-15-33)27(38-28)19-8-5-4-6-9-19;;/h4-11,18H,3,12-17H2,1-2H3;2*1H. The number of piperazine rings is 1. The minimum absolute atomic E-state index is 0. The molecule has 11 heteroatoms. The van der Waals surface area contributed by atoms with Crippen molar-refractivity contribution in [3.63, 3.8) is 0 Å². The number of nitrogens with zero attached hydrogens (tertiary/aromatic N) is 3. The molecule has 0 N–H and O–H groups in total. The Morgan fingerprint density at radius 2 is 1.57 bits per heavy atom. The highest BCUT2D eigenvalue weighted by atomic mass is 35.5. The number of aromatic nitrogens is 1. The number of pyridine rings is 1. The van der Waals surface area contributed by atoms with Gasteiger partial charge in [-0.15, -0.1) is 36.2 Å². The summed E-state index contributed by atoms with van der Waals surface area (Å²) in [6, 6.07) is 13.5. The maximum Gasteiger partial charge on any atom is 0.343 e. The van der Waals surface area contributed by atoms with Gasteiger partial charge in [-0.2, -0.15) is 0 Å². The third-order valence-electron chi connectivity index (χ3n) is 6.91. The van der Waals surface area contributed by atoms with Crippen molar-refractivity contribution in [3.8, 4) is 10.4 Å². The Morgan fingerprint density at radius 1 is 0.925 bits per heavy atom. The largest absolute Gasteiger partial charge is 0.462 e. The number of ether oxygens (including phenoxy) is 1. The highest BCUT2D eigenvalue weighted by molar-refractivity contribution is 7.22. The lowest BCUT2D eigenvalue weighted by Gasteiger charge is -2.32. The van der Waals surface area contributed by atoms with Gasteiger partial charge < -0.3 is 14.2 Å². The molecular weight excluding hydrogens is 579 g/mol. The predicted molar refractivity (Wildman–Crippen MR) is 160 cm³/mol. The summed E-state index contributed by atoms with van der Waals surface area (Å²) in [6.07, 6.45) is 1.37. The summed E-state index contributed by atoms with van der Waals surface area (Å²) in [5.41, 5.74) is 1.06. The predicted octanol–water partition coefficient (Wildman–Crippen LogP) is 5.82. The molecule has 1 saturated heterocycles. The van der Waals surface area contributed by atoms with Gasteiger partial charge in [-0.05, 0) is 37.2 Å². The van der Waals surface area contributed by atoms with E-state index < -0.39 is 23.0 Å². The molecule has 5 rings (SSSR count). The number of fused-ring (bicyclic) bond motifs is 1. The number of halogens is 4. The molecule has 2 aromatic heterocycles. The second kappa shape index (κ2) is 13.7. The minimum Gasteiger partial charge on any atom is -0.462 e. The second-order valence-corrected chi connectivity index (χ2v) is 10.5. The summed E-state index contributed by atoms with van der Waals surface area (Å²) in [7, 11) is 2.08. The molecule has 0 saturated carbocycles. The van der Waals surface area contributed by atoms with Gasteiger partial charge in [0.25, 0.3) is 0 Å². The van der Waals surface area contributed by atoms with Gasteiger partial charge in [-0.25, -0.2) is 13.6 Å². The zero-order valence-electron chi connectivity index (χ0n) is 22.2. The zero-order chi connectivity index (χ0) is 26.8. The maximum atomic E-state index is 14.7. The monoisotopic (exact) mass is 609 g/mol. The highest BCUT2D eigenvalue weighted by Crippen LogP contribution is 2.39. The lowest BCUT2D eigenvalue weighted by atomic mass is 10.0. The van der Waals surface area contributed by atoms with E-state index in [0.717, 1.165) is 42.2 Å². The summed E-state index contributed by atoms with van der Waals surface area (Å²) >= 11 is 1.40. The third kappa shape index (κ3) is 6.39. The smallest absolute Gasteiger partial charge is 0.343 e. The van der Waals surface area contributed by atoms with Crippen molar-refractivity contribution in [2.24, 2.45) is 0 Å². The highest BCUT2D eigenvalue weighted by Gasteiger charge is 2.26. The normalized spacial score (nSPS) is 14.0. The number of likely N-dealkylation sites (N-methyl/N-ethyl adjacent to an activating group) is 1. The first kappa shape index (κ1) is 31.7. The summed E-state index contributed by atoms with van der Waals surface area (Å²) < 4.78 is 36.1. The quantitative estimate of drug-likeness (QED) is 0.247. The molecule has 0 amide bonds. The van der Waals surface area contributed by atoms with Gasteiger partial charge in [0.2, 0.25) is 5.43 Å². The number of esters is 1. The lowest BCUT2D eigenvalue weighted by molar-refractivity contribution is 0.0524. The molecule has 1 aliphatic rings. The van der Waals surface area contributed by atoms with E-state index in [4.69, 9.17) is 4.74 Å². The fourth-order valence-electron chi connectivity index (χ4n) is 4.82. The SMILES string of the molecule is CCOC(=O)c1cn(Cc2c(F)cccc2F)c2sc(-c3ccccc3)c(CN3CCN(C)CC3)c2c1=O.Cl.Cl. The van der Waals surface area contributed by atoms with Crippen LogP contribution < -0.4 is 5.43 Å². The van der Waals surface area contributed by atoms with Crippen molar-refractivity contribution < 1.29 is 18.3 Å². The van der Waals surface area contributed by atoms with Crippen LogP contribution >= 0.6 is 36.2 Å². The minimum atomic E-state index is -0.750. The van der Waals surface area contributed by atoms with Crippen LogP contribution in [0.5, 0.6) is 0 Å². The van der Waals surface area contributed by atoms with E-state index in [-0.39, 0.29) is 49.1 Å². The van der Waals surface area contributed by atoms with Crippen LogP contribution in [-0.4, -0.2) is 60.2 Å². The molecule has 0 bridgehead atoms. The van der Waals surface area contributed by atoms with Crippen molar-refractivity contribution in [1.29, 1.82) is 0 Å². The molecule has 0 unspecified atom stereocenters. The number of carbonyl (C=O) groups is 1. The Balaban J connectivity index is 0.00000220. The lowest BCUT2D eigenvalue weighted by Crippen LogP contribution is -2.44. The van der Waals surface area contributed by atoms with Crippen molar-refractivity contribution in [2.45, 2.75) is 20.0 Å². The van der Waals surface area contributed by atoms with Crippen molar-refractivity contribution >= 4 is 52.3 Å². The fourth-order valence-corrected chi connectivity index (χ4v) is 6.11. The first-order valence-electron chi connectivity index (χ1n) is 12.6. The van der Waals surface area contributed by atoms with Crippen LogP contribution in [0.4, 0.5) is 8.78 Å². The summed E-state index contributed by atoms with van der Waals surface area (Å²) in [5, 5.41) is 0.398. The van der Waals surface area contributed by atoms with Gasteiger partial charge in [-0.1, -0.05) is 36.4 Å². The van der Waals surface area contributed by atoms with Crippen molar-refractivity contribution in [3.05, 3.63) is 93.3 Å². The van der Waals surface area contributed by atoms with E-state index >= 15 is 0 Å². The Bertz CT molecular complexity index is 1520. The van der Waals surface area contributed by atoms with Gasteiger partial charge >= 0.3 is 5.97 Å². The number of carbonyl (C=O) groups excluding carboxylic acids is 1. The molecule has 0 atom stereocenters. The van der Waals surface area contributed by atoms with E-state index in [0.29, 0.717) is 16.8 Å². The molecule has 0 aliphatic carbocycles. The Morgan fingerprint density at radius 3 is 2.20 bits per heavy atom. The van der Waals surface area contributed by atoms with Crippen LogP contribution in [0.25, 0.3) is 20.7 Å². The average Bonchev–Trinajstić information content (AvgIpc) is 3.29. The van der Waals surface area contributed by atoms with E-state index in [2.05, 4.69) is 16.8 Å². The summed E-state index contributed by atoms with van der Waals surface area (Å²) in [5.74, 6) is -2.13. The molecule has 2 aromatic carbocycles. The van der Waals surface area contributed by atoms with E-state index in [1.54, 1.807) is 11.5 Å². The van der Waals surface area contributed by atoms with Gasteiger partial charge in [0, 0.05) is 49.4 Å². The number of rotatable bonds is 7. The van der Waals surface area contributed by atoms with Crippen LogP contribution in [0.1, 0.15) is 28.4 Å². The van der Waals surface area contributed by atoms with Crippen LogP contribution in [0, 0.1) is 11.6 Å². The Kier molecular flexibility index (Phi) is 10.9. The van der Waals surface area contributed by atoms with E-state index in [9.17, 15) is 18.4 Å². The van der Waals surface area contributed by atoms with Crippen LogP contribution in [0.3, 0.4) is 0 Å². The van der Waals surface area contributed by atoms with Gasteiger partial charge in [0.05, 0.1) is 18.5 Å².